The molecule has 0 aliphatic heterocycles. The molecule has 0 amide bonds. The summed E-state index contributed by atoms with van der Waals surface area (Å²) in [4.78, 5) is 4.53. The largest absolute Gasteiger partial charge is 0.494 e. The van der Waals surface area contributed by atoms with Crippen LogP contribution in [0.25, 0.3) is 0 Å². The standard InChI is InChI=1S/C16H28N4O3S.HI/c1-5-17-16(18-9-10-20-24(4,21)22)19-12-14-8-7-13(3)11-15(14)23-6-2;/h7-8,11,20H,5-6,9-10,12H2,1-4H3,(H2,17,18,19);1H. The maximum absolute atomic E-state index is 11.0. The number of halogens is 1. The Kier molecular flexibility index (Phi) is 11.8. The van der Waals surface area contributed by atoms with Crippen molar-refractivity contribution in [3.8, 4) is 5.75 Å². The van der Waals surface area contributed by atoms with Crippen molar-refractivity contribution in [2.24, 2.45) is 4.99 Å². The van der Waals surface area contributed by atoms with Crippen molar-refractivity contribution in [2.45, 2.75) is 27.3 Å². The van der Waals surface area contributed by atoms with Gasteiger partial charge in [-0.05, 0) is 32.4 Å². The van der Waals surface area contributed by atoms with E-state index in [4.69, 9.17) is 4.74 Å². The molecule has 25 heavy (non-hydrogen) atoms. The molecule has 0 saturated carbocycles. The summed E-state index contributed by atoms with van der Waals surface area (Å²) in [5.41, 5.74) is 2.15. The van der Waals surface area contributed by atoms with Crippen LogP contribution in [0.2, 0.25) is 0 Å². The fraction of sp³-hybridized carbons (Fsp3) is 0.562. The average Bonchev–Trinajstić information content (AvgIpc) is 2.50. The van der Waals surface area contributed by atoms with Crippen LogP contribution < -0.4 is 20.1 Å². The van der Waals surface area contributed by atoms with Gasteiger partial charge in [0.15, 0.2) is 5.96 Å². The summed E-state index contributed by atoms with van der Waals surface area (Å²) in [6.45, 7) is 8.51. The average molecular weight is 484 g/mol. The van der Waals surface area contributed by atoms with Crippen molar-refractivity contribution in [1.82, 2.24) is 15.4 Å². The topological polar surface area (TPSA) is 91.8 Å². The normalized spacial score (nSPS) is 11.6. The quantitative estimate of drug-likeness (QED) is 0.215. The van der Waals surface area contributed by atoms with E-state index in [1.54, 1.807) is 0 Å². The van der Waals surface area contributed by atoms with Gasteiger partial charge >= 0.3 is 0 Å². The lowest BCUT2D eigenvalue weighted by Crippen LogP contribution is -2.41. The second-order valence-electron chi connectivity index (χ2n) is 5.33. The SMILES string of the molecule is CCNC(=NCc1ccc(C)cc1OCC)NCCNS(C)(=O)=O.I. The molecule has 7 nitrogen and oxygen atoms in total. The van der Waals surface area contributed by atoms with E-state index in [2.05, 4.69) is 20.3 Å². The third kappa shape index (κ3) is 10.5. The molecule has 3 N–H and O–H groups in total. The minimum atomic E-state index is -3.17. The van der Waals surface area contributed by atoms with Gasteiger partial charge in [0, 0.05) is 25.2 Å². The minimum absolute atomic E-state index is 0. The third-order valence-electron chi connectivity index (χ3n) is 3.06. The fourth-order valence-corrected chi connectivity index (χ4v) is 2.48. The van der Waals surface area contributed by atoms with Gasteiger partial charge in [0.1, 0.15) is 5.75 Å². The molecule has 1 aromatic rings. The van der Waals surface area contributed by atoms with Crippen LogP contribution >= 0.6 is 24.0 Å². The summed E-state index contributed by atoms with van der Waals surface area (Å²) in [6, 6.07) is 6.05. The van der Waals surface area contributed by atoms with Crippen LogP contribution in [-0.2, 0) is 16.6 Å². The molecule has 0 saturated heterocycles. The number of benzene rings is 1. The molecule has 0 aromatic heterocycles. The number of aliphatic imine (C=N–C) groups is 1. The van der Waals surface area contributed by atoms with Gasteiger partial charge in [-0.2, -0.15) is 0 Å². The number of nitrogens with zero attached hydrogens (tertiary/aromatic N) is 1. The number of guanidine groups is 1. The molecule has 1 rings (SSSR count). The summed E-state index contributed by atoms with van der Waals surface area (Å²) in [5, 5.41) is 6.23. The molecule has 144 valence electrons. The van der Waals surface area contributed by atoms with Crippen molar-refractivity contribution in [2.75, 3.05) is 32.5 Å². The first-order valence-electron chi connectivity index (χ1n) is 8.04. The zero-order valence-corrected chi connectivity index (χ0v) is 18.4. The Labute approximate surface area is 168 Å². The van der Waals surface area contributed by atoms with Crippen LogP contribution in [0.3, 0.4) is 0 Å². The molecule has 9 heteroatoms. The van der Waals surface area contributed by atoms with Crippen LogP contribution in [0.15, 0.2) is 23.2 Å². The summed E-state index contributed by atoms with van der Waals surface area (Å²) in [6.07, 6.45) is 1.14. The zero-order chi connectivity index (χ0) is 18.0. The van der Waals surface area contributed by atoms with Crippen LogP contribution in [0, 0.1) is 6.92 Å². The van der Waals surface area contributed by atoms with E-state index < -0.39 is 10.0 Å². The van der Waals surface area contributed by atoms with Gasteiger partial charge < -0.3 is 15.4 Å². The van der Waals surface area contributed by atoms with Crippen LogP contribution in [0.5, 0.6) is 5.75 Å². The van der Waals surface area contributed by atoms with Crippen molar-refractivity contribution < 1.29 is 13.2 Å². The van der Waals surface area contributed by atoms with Gasteiger partial charge in [-0.25, -0.2) is 18.1 Å². The first-order valence-corrected chi connectivity index (χ1v) is 9.94. The van der Waals surface area contributed by atoms with Gasteiger partial charge in [0.2, 0.25) is 10.0 Å². The van der Waals surface area contributed by atoms with Gasteiger partial charge in [-0.3, -0.25) is 0 Å². The van der Waals surface area contributed by atoms with E-state index >= 15 is 0 Å². The molecule has 0 atom stereocenters. The van der Waals surface area contributed by atoms with E-state index in [1.807, 2.05) is 39.0 Å². The number of hydrogen-bond donors (Lipinski definition) is 3. The molecule has 0 unspecified atom stereocenters. The Morgan fingerprint density at radius 3 is 2.52 bits per heavy atom. The lowest BCUT2D eigenvalue weighted by molar-refractivity contribution is 0.336. The summed E-state index contributed by atoms with van der Waals surface area (Å²) < 4.78 is 30.2. The Morgan fingerprint density at radius 2 is 1.92 bits per heavy atom. The minimum Gasteiger partial charge on any atom is -0.494 e. The van der Waals surface area contributed by atoms with Crippen LogP contribution in [0.4, 0.5) is 0 Å². The Morgan fingerprint density at radius 1 is 1.20 bits per heavy atom. The van der Waals surface area contributed by atoms with Crippen LogP contribution in [-0.4, -0.2) is 46.9 Å². The molecule has 0 aliphatic rings. The summed E-state index contributed by atoms with van der Waals surface area (Å²) in [7, 11) is -3.17. The van der Waals surface area contributed by atoms with E-state index in [9.17, 15) is 8.42 Å². The van der Waals surface area contributed by atoms with Gasteiger partial charge in [0.05, 0.1) is 19.4 Å². The molecule has 0 fully saturated rings. The smallest absolute Gasteiger partial charge is 0.208 e. The number of nitrogens with one attached hydrogen (secondary N) is 3. The number of hydrogen-bond acceptors (Lipinski definition) is 4. The number of aryl methyl sites for hydroxylation is 1. The van der Waals surface area contributed by atoms with E-state index in [0.717, 1.165) is 29.7 Å². The molecule has 0 heterocycles. The first-order chi connectivity index (χ1) is 11.4. The predicted molar refractivity (Wildman–Crippen MR) is 113 cm³/mol. The lowest BCUT2D eigenvalue weighted by atomic mass is 10.1. The number of sulfonamides is 1. The maximum Gasteiger partial charge on any atom is 0.208 e. The maximum atomic E-state index is 11.0. The fourth-order valence-electron chi connectivity index (χ4n) is 2.01. The molecule has 0 bridgehead atoms. The van der Waals surface area contributed by atoms with Crippen molar-refractivity contribution in [3.63, 3.8) is 0 Å². The predicted octanol–water partition coefficient (Wildman–Crippen LogP) is 1.62. The second kappa shape index (κ2) is 12.3. The van der Waals surface area contributed by atoms with Gasteiger partial charge in [-0.1, -0.05) is 12.1 Å². The van der Waals surface area contributed by atoms with Crippen LogP contribution in [0.1, 0.15) is 25.0 Å². The Hall–Kier alpha value is -1.07. The van der Waals surface area contributed by atoms with E-state index in [-0.39, 0.29) is 24.0 Å². The summed E-state index contributed by atoms with van der Waals surface area (Å²) in [5.74, 6) is 1.48. The van der Waals surface area contributed by atoms with E-state index in [1.165, 1.54) is 0 Å². The molecular weight excluding hydrogens is 455 g/mol. The highest BCUT2D eigenvalue weighted by molar-refractivity contribution is 14.0. The zero-order valence-electron chi connectivity index (χ0n) is 15.3. The Bertz CT molecular complexity index is 651. The second-order valence-corrected chi connectivity index (χ2v) is 7.17. The number of ether oxygens (including phenoxy) is 1. The Balaban J connectivity index is 0.00000576. The molecule has 0 spiro atoms. The van der Waals surface area contributed by atoms with Gasteiger partial charge in [-0.15, -0.1) is 24.0 Å². The number of rotatable bonds is 9. The lowest BCUT2D eigenvalue weighted by Gasteiger charge is -2.13. The molecular formula is C16H29IN4O3S. The third-order valence-corrected chi connectivity index (χ3v) is 3.78. The molecule has 0 radical (unpaired) electrons. The first kappa shape index (κ1) is 23.9. The van der Waals surface area contributed by atoms with Gasteiger partial charge in [0.25, 0.3) is 0 Å². The summed E-state index contributed by atoms with van der Waals surface area (Å²) >= 11 is 0. The monoisotopic (exact) mass is 484 g/mol. The highest BCUT2D eigenvalue weighted by Crippen LogP contribution is 2.21. The van der Waals surface area contributed by atoms with Crippen molar-refractivity contribution in [1.29, 1.82) is 0 Å². The van der Waals surface area contributed by atoms with Crippen molar-refractivity contribution in [3.05, 3.63) is 29.3 Å². The molecule has 0 aliphatic carbocycles. The highest BCUT2D eigenvalue weighted by atomic mass is 127. The molecule has 1 aromatic carbocycles. The van der Waals surface area contributed by atoms with E-state index in [0.29, 0.717) is 32.2 Å². The van der Waals surface area contributed by atoms with Crippen molar-refractivity contribution >= 4 is 40.0 Å². The highest BCUT2D eigenvalue weighted by Gasteiger charge is 2.05.